The maximum absolute atomic E-state index is 11.4. The Labute approximate surface area is 71.9 Å². The first-order chi connectivity index (χ1) is 5.61. The molecule has 0 fully saturated rings. The maximum Gasteiger partial charge on any atom is 0.185 e. The summed E-state index contributed by atoms with van der Waals surface area (Å²) in [4.78, 5) is 19.4. The second-order valence-corrected chi connectivity index (χ2v) is 3.06. The van der Waals surface area contributed by atoms with E-state index < -0.39 is 0 Å². The van der Waals surface area contributed by atoms with Crippen molar-refractivity contribution in [2.24, 2.45) is 5.92 Å². The molecule has 0 amide bonds. The Kier molecular flexibility index (Phi) is 2.53. The smallest absolute Gasteiger partial charge is 0.185 e. The van der Waals surface area contributed by atoms with Crippen LogP contribution in [-0.2, 0) is 0 Å². The van der Waals surface area contributed by atoms with Crippen molar-refractivity contribution in [3.8, 4) is 0 Å². The third-order valence-corrected chi connectivity index (χ3v) is 1.53. The molecular formula is C9H12N2O. The Balaban J connectivity index is 2.96. The molecule has 1 aromatic rings. The van der Waals surface area contributed by atoms with Gasteiger partial charge in [0.05, 0.1) is 11.9 Å². The molecule has 64 valence electrons. The molecule has 0 saturated carbocycles. The molecule has 0 radical (unpaired) electrons. The molecule has 0 N–H and O–H groups in total. The van der Waals surface area contributed by atoms with Crippen LogP contribution < -0.4 is 0 Å². The Morgan fingerprint density at radius 2 is 2.08 bits per heavy atom. The molecule has 0 atom stereocenters. The standard InChI is InChI=1S/C9H12N2O/c1-6(2)9(12)8-5-10-4-7(3)11-8/h4-6H,1-3H3. The van der Waals surface area contributed by atoms with Crippen molar-refractivity contribution in [2.75, 3.05) is 0 Å². The molecule has 1 heterocycles. The van der Waals surface area contributed by atoms with Gasteiger partial charge in [-0.25, -0.2) is 4.98 Å². The highest BCUT2D eigenvalue weighted by Gasteiger charge is 2.11. The first-order valence-corrected chi connectivity index (χ1v) is 3.94. The van der Waals surface area contributed by atoms with E-state index in [0.29, 0.717) is 5.69 Å². The zero-order chi connectivity index (χ0) is 9.14. The fourth-order valence-electron chi connectivity index (χ4n) is 0.878. The third kappa shape index (κ3) is 1.87. The van der Waals surface area contributed by atoms with E-state index in [4.69, 9.17) is 0 Å². The van der Waals surface area contributed by atoms with E-state index in [0.717, 1.165) is 5.69 Å². The number of Topliss-reactive ketones (excluding diaryl/α,β-unsaturated/α-hetero) is 1. The number of carbonyl (C=O) groups excluding carboxylic acids is 1. The van der Waals surface area contributed by atoms with E-state index in [-0.39, 0.29) is 11.7 Å². The Hall–Kier alpha value is -1.25. The van der Waals surface area contributed by atoms with Gasteiger partial charge < -0.3 is 0 Å². The number of rotatable bonds is 2. The molecule has 0 bridgehead atoms. The van der Waals surface area contributed by atoms with Gasteiger partial charge in [0.25, 0.3) is 0 Å². The van der Waals surface area contributed by atoms with Crippen LogP contribution in [0.15, 0.2) is 12.4 Å². The molecule has 0 aliphatic carbocycles. The number of hydrogen-bond acceptors (Lipinski definition) is 3. The molecular weight excluding hydrogens is 152 g/mol. The maximum atomic E-state index is 11.4. The predicted octanol–water partition coefficient (Wildman–Crippen LogP) is 1.62. The highest BCUT2D eigenvalue weighted by molar-refractivity contribution is 5.95. The topological polar surface area (TPSA) is 42.9 Å². The summed E-state index contributed by atoms with van der Waals surface area (Å²) >= 11 is 0. The number of ketones is 1. The second-order valence-electron chi connectivity index (χ2n) is 3.06. The Bertz CT molecular complexity index is 294. The molecule has 0 aliphatic rings. The monoisotopic (exact) mass is 164 g/mol. The minimum atomic E-state index is -0.0129. The van der Waals surface area contributed by atoms with Crippen LogP contribution in [0.1, 0.15) is 30.0 Å². The average molecular weight is 164 g/mol. The van der Waals surface area contributed by atoms with Crippen molar-refractivity contribution in [3.63, 3.8) is 0 Å². The summed E-state index contributed by atoms with van der Waals surface area (Å²) in [6.45, 7) is 5.53. The Morgan fingerprint density at radius 3 is 2.58 bits per heavy atom. The minimum Gasteiger partial charge on any atom is -0.292 e. The lowest BCUT2D eigenvalue weighted by Gasteiger charge is -2.02. The zero-order valence-electron chi connectivity index (χ0n) is 7.53. The summed E-state index contributed by atoms with van der Waals surface area (Å²) in [5, 5.41) is 0. The summed E-state index contributed by atoms with van der Waals surface area (Å²) in [7, 11) is 0. The van der Waals surface area contributed by atoms with E-state index in [1.807, 2.05) is 20.8 Å². The first-order valence-electron chi connectivity index (χ1n) is 3.94. The van der Waals surface area contributed by atoms with Crippen molar-refractivity contribution in [1.82, 2.24) is 9.97 Å². The molecule has 0 spiro atoms. The van der Waals surface area contributed by atoms with Crippen molar-refractivity contribution in [3.05, 3.63) is 23.8 Å². The summed E-state index contributed by atoms with van der Waals surface area (Å²) in [5.41, 5.74) is 1.24. The summed E-state index contributed by atoms with van der Waals surface area (Å²) in [5.74, 6) is 0.0345. The fourth-order valence-corrected chi connectivity index (χ4v) is 0.878. The van der Waals surface area contributed by atoms with Gasteiger partial charge >= 0.3 is 0 Å². The van der Waals surface area contributed by atoms with Gasteiger partial charge in [-0.3, -0.25) is 9.78 Å². The zero-order valence-corrected chi connectivity index (χ0v) is 7.53. The quantitative estimate of drug-likeness (QED) is 0.624. The minimum absolute atomic E-state index is 0.0129. The molecule has 0 aliphatic heterocycles. The van der Waals surface area contributed by atoms with Gasteiger partial charge in [0.2, 0.25) is 0 Å². The molecule has 0 aromatic carbocycles. The van der Waals surface area contributed by atoms with E-state index >= 15 is 0 Å². The lowest BCUT2D eigenvalue weighted by Crippen LogP contribution is -2.10. The summed E-state index contributed by atoms with van der Waals surface area (Å²) in [6.07, 6.45) is 3.15. The molecule has 0 unspecified atom stereocenters. The van der Waals surface area contributed by atoms with E-state index in [2.05, 4.69) is 9.97 Å². The lowest BCUT2D eigenvalue weighted by atomic mass is 10.1. The van der Waals surface area contributed by atoms with E-state index in [1.165, 1.54) is 6.20 Å². The van der Waals surface area contributed by atoms with Gasteiger partial charge in [0.15, 0.2) is 5.78 Å². The highest BCUT2D eigenvalue weighted by Crippen LogP contribution is 2.04. The van der Waals surface area contributed by atoms with E-state index in [9.17, 15) is 4.79 Å². The molecule has 3 nitrogen and oxygen atoms in total. The van der Waals surface area contributed by atoms with Crippen LogP contribution in [0.25, 0.3) is 0 Å². The largest absolute Gasteiger partial charge is 0.292 e. The van der Waals surface area contributed by atoms with Gasteiger partial charge in [-0.2, -0.15) is 0 Å². The van der Waals surface area contributed by atoms with Crippen LogP contribution in [0.5, 0.6) is 0 Å². The van der Waals surface area contributed by atoms with Gasteiger partial charge in [-0.15, -0.1) is 0 Å². The van der Waals surface area contributed by atoms with Crippen molar-refractivity contribution in [1.29, 1.82) is 0 Å². The molecule has 3 heteroatoms. The number of nitrogens with zero attached hydrogens (tertiary/aromatic N) is 2. The van der Waals surface area contributed by atoms with Gasteiger partial charge in [0, 0.05) is 12.1 Å². The van der Waals surface area contributed by atoms with E-state index in [1.54, 1.807) is 6.20 Å². The highest BCUT2D eigenvalue weighted by atomic mass is 16.1. The lowest BCUT2D eigenvalue weighted by molar-refractivity contribution is 0.0933. The third-order valence-electron chi connectivity index (χ3n) is 1.53. The Morgan fingerprint density at radius 1 is 1.42 bits per heavy atom. The van der Waals surface area contributed by atoms with Crippen LogP contribution >= 0.6 is 0 Å². The summed E-state index contributed by atoms with van der Waals surface area (Å²) < 4.78 is 0. The van der Waals surface area contributed by atoms with Crippen molar-refractivity contribution in [2.45, 2.75) is 20.8 Å². The molecule has 0 saturated heterocycles. The summed E-state index contributed by atoms with van der Waals surface area (Å²) in [6, 6.07) is 0. The number of aryl methyl sites for hydroxylation is 1. The molecule has 1 aromatic heterocycles. The van der Waals surface area contributed by atoms with Crippen molar-refractivity contribution >= 4 is 5.78 Å². The number of aromatic nitrogens is 2. The van der Waals surface area contributed by atoms with Crippen molar-refractivity contribution < 1.29 is 4.79 Å². The number of hydrogen-bond donors (Lipinski definition) is 0. The SMILES string of the molecule is Cc1cncc(C(=O)C(C)C)n1. The van der Waals surface area contributed by atoms with Crippen LogP contribution in [0, 0.1) is 12.8 Å². The predicted molar refractivity (Wildman–Crippen MR) is 45.9 cm³/mol. The molecule has 12 heavy (non-hydrogen) atoms. The average Bonchev–Trinajstić information content (AvgIpc) is 2.03. The fraction of sp³-hybridized carbons (Fsp3) is 0.444. The number of carbonyl (C=O) groups is 1. The molecule has 1 rings (SSSR count). The van der Waals surface area contributed by atoms with Crippen LogP contribution in [0.4, 0.5) is 0 Å². The van der Waals surface area contributed by atoms with Crippen LogP contribution in [-0.4, -0.2) is 15.8 Å². The first kappa shape index (κ1) is 8.84. The normalized spacial score (nSPS) is 10.3. The second kappa shape index (κ2) is 3.43. The van der Waals surface area contributed by atoms with Gasteiger partial charge in [0.1, 0.15) is 5.69 Å². The van der Waals surface area contributed by atoms with Crippen LogP contribution in [0.3, 0.4) is 0 Å². The van der Waals surface area contributed by atoms with Gasteiger partial charge in [-0.1, -0.05) is 13.8 Å². The van der Waals surface area contributed by atoms with Gasteiger partial charge in [-0.05, 0) is 6.92 Å². The van der Waals surface area contributed by atoms with Crippen LogP contribution in [0.2, 0.25) is 0 Å².